The molecule has 0 spiro atoms. The van der Waals surface area contributed by atoms with Crippen molar-refractivity contribution in [2.75, 3.05) is 13.2 Å². The van der Waals surface area contributed by atoms with E-state index in [0.29, 0.717) is 0 Å². The Morgan fingerprint density at radius 2 is 1.57 bits per heavy atom. The molecule has 23 heavy (non-hydrogen) atoms. The highest BCUT2D eigenvalue weighted by Crippen LogP contribution is 2.22. The fourth-order valence-electron chi connectivity index (χ4n) is 1.98. The van der Waals surface area contributed by atoms with Crippen LogP contribution in [0.4, 0.5) is 13.2 Å². The number of fused-ring (bicyclic) bond motifs is 1. The van der Waals surface area contributed by atoms with Crippen LogP contribution in [0.15, 0.2) is 24.3 Å². The molecule has 9 heteroatoms. The number of ketones is 1. The molecule has 0 atom stereocenters. The summed E-state index contributed by atoms with van der Waals surface area (Å²) in [7, 11) is 0. The van der Waals surface area contributed by atoms with E-state index in [1.165, 1.54) is 12.1 Å². The van der Waals surface area contributed by atoms with Crippen LogP contribution in [0.5, 0.6) is 0 Å². The van der Waals surface area contributed by atoms with Crippen molar-refractivity contribution in [2.24, 2.45) is 0 Å². The molecule has 1 aliphatic heterocycles. The van der Waals surface area contributed by atoms with Crippen LogP contribution in [0, 0.1) is 0 Å². The van der Waals surface area contributed by atoms with Crippen LogP contribution in [0.25, 0.3) is 0 Å². The molecule has 0 fully saturated rings. The first kappa shape index (κ1) is 16.7. The molecule has 0 bridgehead atoms. The monoisotopic (exact) mass is 329 g/mol. The second-order valence-electron chi connectivity index (χ2n) is 4.63. The van der Waals surface area contributed by atoms with Gasteiger partial charge in [-0.15, -0.1) is 0 Å². The van der Waals surface area contributed by atoms with Gasteiger partial charge in [-0.05, 0) is 12.1 Å². The van der Waals surface area contributed by atoms with Crippen molar-refractivity contribution < 1.29 is 37.1 Å². The number of halogens is 3. The summed E-state index contributed by atoms with van der Waals surface area (Å²) in [5.41, 5.74) is 0.409. The van der Waals surface area contributed by atoms with E-state index < -0.39 is 42.8 Å². The minimum Gasteiger partial charge on any atom is -0.463 e. The topological polar surface area (TPSA) is 80.8 Å². The Labute approximate surface area is 127 Å². The first-order chi connectivity index (χ1) is 10.7. The number of carbonyl (C=O) groups excluding carboxylic acids is 4. The van der Waals surface area contributed by atoms with Crippen LogP contribution in [-0.4, -0.2) is 47.8 Å². The Hall–Kier alpha value is -2.71. The second-order valence-corrected chi connectivity index (χ2v) is 4.63. The molecular formula is C14H10F3NO5. The summed E-state index contributed by atoms with van der Waals surface area (Å²) in [5, 5.41) is 0. The lowest BCUT2D eigenvalue weighted by molar-refractivity contribution is -0.174. The van der Waals surface area contributed by atoms with Crippen LogP contribution in [0.2, 0.25) is 0 Å². The number of Topliss-reactive ketones (excluding diaryl/α,β-unsaturated/α-hetero) is 1. The van der Waals surface area contributed by atoms with Gasteiger partial charge < -0.3 is 4.74 Å². The van der Waals surface area contributed by atoms with Crippen molar-refractivity contribution >= 4 is 23.6 Å². The SMILES string of the molecule is O=C(CC(=O)C(F)(F)F)OCCN1C(=O)c2ccccc2C1=O. The molecule has 0 aromatic heterocycles. The van der Waals surface area contributed by atoms with Gasteiger partial charge in [-0.1, -0.05) is 12.1 Å². The summed E-state index contributed by atoms with van der Waals surface area (Å²) in [5.74, 6) is -4.74. The molecule has 0 aliphatic carbocycles. The van der Waals surface area contributed by atoms with E-state index in [1.54, 1.807) is 12.1 Å². The molecule has 0 N–H and O–H groups in total. The van der Waals surface area contributed by atoms with Crippen molar-refractivity contribution in [3.8, 4) is 0 Å². The Bertz CT molecular complexity index is 648. The quantitative estimate of drug-likeness (QED) is 0.463. The number of esters is 1. The van der Waals surface area contributed by atoms with Crippen LogP contribution < -0.4 is 0 Å². The molecule has 1 aromatic carbocycles. The van der Waals surface area contributed by atoms with Crippen molar-refractivity contribution in [3.63, 3.8) is 0 Å². The zero-order valence-corrected chi connectivity index (χ0v) is 11.6. The van der Waals surface area contributed by atoms with Crippen LogP contribution >= 0.6 is 0 Å². The number of imide groups is 1. The molecule has 1 aromatic rings. The van der Waals surface area contributed by atoms with Crippen molar-refractivity contribution in [1.29, 1.82) is 0 Å². The van der Waals surface area contributed by atoms with E-state index in [9.17, 15) is 32.3 Å². The molecule has 2 amide bonds. The Morgan fingerprint density at radius 1 is 1.04 bits per heavy atom. The summed E-state index contributed by atoms with van der Waals surface area (Å²) in [6, 6.07) is 6.08. The van der Waals surface area contributed by atoms with E-state index in [1.807, 2.05) is 0 Å². The van der Waals surface area contributed by atoms with E-state index >= 15 is 0 Å². The minimum atomic E-state index is -5.11. The van der Waals surface area contributed by atoms with E-state index in [-0.39, 0.29) is 17.7 Å². The summed E-state index contributed by atoms with van der Waals surface area (Å²) >= 11 is 0. The third-order valence-corrected chi connectivity index (χ3v) is 3.08. The normalized spacial score (nSPS) is 14.0. The third-order valence-electron chi connectivity index (χ3n) is 3.08. The summed E-state index contributed by atoms with van der Waals surface area (Å²) < 4.78 is 40.4. The highest BCUT2D eigenvalue weighted by atomic mass is 19.4. The van der Waals surface area contributed by atoms with Crippen molar-refractivity contribution in [2.45, 2.75) is 12.6 Å². The fraction of sp³-hybridized carbons (Fsp3) is 0.286. The molecule has 122 valence electrons. The molecule has 1 aliphatic rings. The summed E-state index contributed by atoms with van der Waals surface area (Å²) in [6.07, 6.45) is -6.55. The first-order valence-corrected chi connectivity index (χ1v) is 6.42. The largest absolute Gasteiger partial charge is 0.463 e. The standard InChI is InChI=1S/C14H10F3NO5/c15-14(16,17)10(19)7-11(20)23-6-5-18-12(21)8-3-1-2-4-9(8)13(18)22/h1-4H,5-7H2. The van der Waals surface area contributed by atoms with Crippen molar-refractivity contribution in [1.82, 2.24) is 4.90 Å². The van der Waals surface area contributed by atoms with Crippen LogP contribution in [-0.2, 0) is 14.3 Å². The molecular weight excluding hydrogens is 319 g/mol. The Morgan fingerprint density at radius 3 is 2.04 bits per heavy atom. The lowest BCUT2D eigenvalue weighted by Crippen LogP contribution is -2.34. The van der Waals surface area contributed by atoms with E-state index in [2.05, 4.69) is 4.74 Å². The van der Waals surface area contributed by atoms with Gasteiger partial charge in [-0.25, -0.2) is 0 Å². The lowest BCUT2D eigenvalue weighted by atomic mass is 10.1. The van der Waals surface area contributed by atoms with Gasteiger partial charge in [0.2, 0.25) is 5.78 Å². The van der Waals surface area contributed by atoms with E-state index in [0.717, 1.165) is 4.90 Å². The maximum absolute atomic E-state index is 12.0. The maximum atomic E-state index is 12.0. The van der Waals surface area contributed by atoms with Crippen LogP contribution in [0.3, 0.4) is 0 Å². The molecule has 1 heterocycles. The van der Waals surface area contributed by atoms with Crippen molar-refractivity contribution in [3.05, 3.63) is 35.4 Å². The number of ether oxygens (including phenoxy) is 1. The number of benzene rings is 1. The van der Waals surface area contributed by atoms with Gasteiger partial charge in [-0.2, -0.15) is 13.2 Å². The number of amides is 2. The number of hydrogen-bond donors (Lipinski definition) is 0. The summed E-state index contributed by atoms with van der Waals surface area (Å²) in [6.45, 7) is -0.798. The zero-order chi connectivity index (χ0) is 17.2. The smallest absolute Gasteiger partial charge is 0.450 e. The first-order valence-electron chi connectivity index (χ1n) is 6.42. The number of carbonyl (C=O) groups is 4. The summed E-state index contributed by atoms with van der Waals surface area (Å²) in [4.78, 5) is 46.5. The average Bonchev–Trinajstić information content (AvgIpc) is 2.71. The number of alkyl halides is 3. The molecule has 0 unspecified atom stereocenters. The molecule has 0 saturated heterocycles. The maximum Gasteiger partial charge on any atom is 0.450 e. The predicted octanol–water partition coefficient (Wildman–Crippen LogP) is 1.35. The van der Waals surface area contributed by atoms with Gasteiger partial charge in [0.05, 0.1) is 17.7 Å². The lowest BCUT2D eigenvalue weighted by Gasteiger charge is -2.13. The fourth-order valence-corrected chi connectivity index (χ4v) is 1.98. The van der Waals surface area contributed by atoms with Crippen LogP contribution in [0.1, 0.15) is 27.1 Å². The minimum absolute atomic E-state index is 0.205. The number of nitrogens with zero attached hydrogens (tertiary/aromatic N) is 1. The van der Waals surface area contributed by atoms with Gasteiger partial charge in [0.15, 0.2) is 0 Å². The average molecular weight is 329 g/mol. The van der Waals surface area contributed by atoms with Gasteiger partial charge >= 0.3 is 12.1 Å². The van der Waals surface area contributed by atoms with Gasteiger partial charge in [0.1, 0.15) is 13.0 Å². The Kier molecular flexibility index (Phi) is 4.48. The highest BCUT2D eigenvalue weighted by Gasteiger charge is 2.40. The Balaban J connectivity index is 1.86. The zero-order valence-electron chi connectivity index (χ0n) is 11.6. The molecule has 2 rings (SSSR count). The van der Waals surface area contributed by atoms with E-state index in [4.69, 9.17) is 0 Å². The second kappa shape index (κ2) is 6.19. The van der Waals surface area contributed by atoms with Gasteiger partial charge in [0, 0.05) is 0 Å². The highest BCUT2D eigenvalue weighted by molar-refractivity contribution is 6.21. The number of rotatable bonds is 5. The molecule has 0 saturated carbocycles. The molecule has 6 nitrogen and oxygen atoms in total. The van der Waals surface area contributed by atoms with Gasteiger partial charge in [0.25, 0.3) is 11.8 Å². The third kappa shape index (κ3) is 3.55. The number of hydrogen-bond acceptors (Lipinski definition) is 5. The molecule has 0 radical (unpaired) electrons. The van der Waals surface area contributed by atoms with Gasteiger partial charge in [-0.3, -0.25) is 24.1 Å². The predicted molar refractivity (Wildman–Crippen MR) is 68.4 cm³/mol.